The number of rotatable bonds is 6. The Morgan fingerprint density at radius 1 is 0.879 bits per heavy atom. The van der Waals surface area contributed by atoms with E-state index in [1.807, 2.05) is 42.9 Å². The van der Waals surface area contributed by atoms with Gasteiger partial charge in [-0.2, -0.15) is 0 Å². The quantitative estimate of drug-likeness (QED) is 0.411. The van der Waals surface area contributed by atoms with E-state index in [9.17, 15) is 0 Å². The van der Waals surface area contributed by atoms with Crippen molar-refractivity contribution in [2.75, 3.05) is 0 Å². The predicted molar refractivity (Wildman–Crippen MR) is 135 cm³/mol. The van der Waals surface area contributed by atoms with E-state index in [1.165, 1.54) is 28.1 Å². The molecule has 0 saturated carbocycles. The van der Waals surface area contributed by atoms with Gasteiger partial charge in [-0.1, -0.05) is 36.4 Å². The van der Waals surface area contributed by atoms with Crippen molar-refractivity contribution in [3.05, 3.63) is 119 Å². The molecule has 0 amide bonds. The van der Waals surface area contributed by atoms with Crippen LogP contribution in [0.2, 0.25) is 0 Å². The molecule has 1 fully saturated rings. The zero-order valence-electron chi connectivity index (χ0n) is 18.8. The molecule has 1 aromatic carbocycles. The Morgan fingerprint density at radius 3 is 2.33 bits per heavy atom. The second kappa shape index (κ2) is 9.16. The Morgan fingerprint density at radius 2 is 1.61 bits per heavy atom. The van der Waals surface area contributed by atoms with Gasteiger partial charge in [0.05, 0.1) is 17.8 Å². The van der Waals surface area contributed by atoms with Gasteiger partial charge in [0.2, 0.25) is 0 Å². The van der Waals surface area contributed by atoms with Gasteiger partial charge in [0.25, 0.3) is 0 Å². The van der Waals surface area contributed by atoms with Gasteiger partial charge in [0.1, 0.15) is 0 Å². The minimum absolute atomic E-state index is 0.0220. The highest BCUT2D eigenvalue weighted by molar-refractivity contribution is 7.80. The molecule has 33 heavy (non-hydrogen) atoms. The lowest BCUT2D eigenvalue weighted by molar-refractivity contribution is 0.309. The van der Waals surface area contributed by atoms with Crippen molar-refractivity contribution in [1.29, 1.82) is 0 Å². The van der Waals surface area contributed by atoms with Gasteiger partial charge < -0.3 is 14.8 Å². The molecule has 2 atom stereocenters. The highest BCUT2D eigenvalue weighted by Gasteiger charge is 2.41. The van der Waals surface area contributed by atoms with Gasteiger partial charge in [-0.3, -0.25) is 9.97 Å². The molecule has 0 bridgehead atoms. The fourth-order valence-electron chi connectivity index (χ4n) is 4.74. The molecule has 1 aliphatic rings. The monoisotopic (exact) mass is 453 g/mol. The summed E-state index contributed by atoms with van der Waals surface area (Å²) in [6.07, 6.45) is 5.51. The van der Waals surface area contributed by atoms with Gasteiger partial charge in [0.15, 0.2) is 5.11 Å². The van der Waals surface area contributed by atoms with Gasteiger partial charge in [0, 0.05) is 43.1 Å². The first-order valence-corrected chi connectivity index (χ1v) is 11.6. The van der Waals surface area contributed by atoms with E-state index in [0.717, 1.165) is 17.4 Å². The lowest BCUT2D eigenvalue weighted by Gasteiger charge is -2.28. The zero-order chi connectivity index (χ0) is 22.8. The highest BCUT2D eigenvalue weighted by Crippen LogP contribution is 2.41. The number of nitrogens with zero attached hydrogens (tertiary/aromatic N) is 4. The Kier molecular flexibility index (Phi) is 5.92. The first-order valence-electron chi connectivity index (χ1n) is 11.2. The minimum Gasteiger partial charge on any atom is -0.352 e. The number of thiocarbonyl (C=S) groups is 1. The van der Waals surface area contributed by atoms with E-state index in [1.54, 1.807) is 0 Å². The van der Waals surface area contributed by atoms with Crippen LogP contribution >= 0.6 is 12.2 Å². The molecular formula is C27H27N5S. The lowest BCUT2D eigenvalue weighted by Crippen LogP contribution is -2.29. The van der Waals surface area contributed by atoms with E-state index in [2.05, 4.69) is 81.1 Å². The second-order valence-corrected chi connectivity index (χ2v) is 8.89. The van der Waals surface area contributed by atoms with Crippen LogP contribution in [-0.2, 0) is 13.1 Å². The van der Waals surface area contributed by atoms with Crippen LogP contribution in [-0.4, -0.2) is 24.5 Å². The van der Waals surface area contributed by atoms with Crippen LogP contribution in [0, 0.1) is 13.8 Å². The van der Waals surface area contributed by atoms with Crippen LogP contribution in [0.3, 0.4) is 0 Å². The molecule has 1 aliphatic heterocycles. The maximum atomic E-state index is 5.85. The maximum absolute atomic E-state index is 5.85. The Balaban J connectivity index is 1.56. The molecular weight excluding hydrogens is 426 g/mol. The highest BCUT2D eigenvalue weighted by atomic mass is 32.1. The van der Waals surface area contributed by atoms with Gasteiger partial charge in [-0.25, -0.2) is 0 Å². The van der Waals surface area contributed by atoms with Crippen molar-refractivity contribution in [1.82, 2.24) is 24.8 Å². The number of nitrogens with one attached hydrogen (secondary N) is 1. The Bertz CT molecular complexity index is 1240. The van der Waals surface area contributed by atoms with Crippen molar-refractivity contribution in [2.45, 2.75) is 39.0 Å². The number of pyridine rings is 2. The van der Waals surface area contributed by atoms with E-state index < -0.39 is 0 Å². The first kappa shape index (κ1) is 21.3. The summed E-state index contributed by atoms with van der Waals surface area (Å²) in [6.45, 7) is 5.96. The lowest BCUT2D eigenvalue weighted by atomic mass is 9.96. The standard InChI is InChI=1S/C27H27N5S/c1-19-16-23(20(2)31(19)17-21-8-4-3-5-9-21)26-25(24-10-6-7-13-29-24)30-27(33)32(26)18-22-11-14-28-15-12-22/h3-16,25-26H,17-18H2,1-2H3,(H,30,33)/t25-,26-/m0/s1. The normalized spacial score (nSPS) is 17.9. The van der Waals surface area contributed by atoms with Crippen molar-refractivity contribution < 1.29 is 0 Å². The number of aryl methyl sites for hydroxylation is 1. The molecule has 1 N–H and O–H groups in total. The molecule has 0 aliphatic carbocycles. The first-order chi connectivity index (χ1) is 16.1. The van der Waals surface area contributed by atoms with Crippen molar-refractivity contribution in [2.24, 2.45) is 0 Å². The van der Waals surface area contributed by atoms with Crippen LogP contribution in [0.4, 0.5) is 0 Å². The Hall–Kier alpha value is -3.51. The predicted octanol–water partition coefficient (Wildman–Crippen LogP) is 5.12. The molecule has 0 radical (unpaired) electrons. The zero-order valence-corrected chi connectivity index (χ0v) is 19.7. The molecule has 6 heteroatoms. The molecule has 0 unspecified atom stereocenters. The van der Waals surface area contributed by atoms with Gasteiger partial charge in [-0.15, -0.1) is 0 Å². The summed E-state index contributed by atoms with van der Waals surface area (Å²) >= 11 is 5.85. The minimum atomic E-state index is -0.0220. The van der Waals surface area contributed by atoms with Crippen LogP contribution in [0.25, 0.3) is 0 Å². The van der Waals surface area contributed by atoms with Crippen LogP contribution in [0.15, 0.2) is 85.3 Å². The SMILES string of the molecule is Cc1cc([C@H]2[C@H](c3ccccn3)NC(=S)N2Cc2ccncc2)c(C)n1Cc1ccccc1. The second-order valence-electron chi connectivity index (χ2n) is 8.51. The fourth-order valence-corrected chi connectivity index (χ4v) is 5.04. The van der Waals surface area contributed by atoms with Crippen molar-refractivity contribution in [3.63, 3.8) is 0 Å². The summed E-state index contributed by atoms with van der Waals surface area (Å²) in [4.78, 5) is 11.1. The molecule has 5 nitrogen and oxygen atoms in total. The fraction of sp³-hybridized carbons (Fsp3) is 0.222. The summed E-state index contributed by atoms with van der Waals surface area (Å²) in [5, 5.41) is 4.32. The molecule has 0 spiro atoms. The summed E-state index contributed by atoms with van der Waals surface area (Å²) in [7, 11) is 0. The van der Waals surface area contributed by atoms with Crippen LogP contribution in [0.1, 0.15) is 45.9 Å². The van der Waals surface area contributed by atoms with Gasteiger partial charge >= 0.3 is 0 Å². The number of aromatic nitrogens is 3. The van der Waals surface area contributed by atoms with E-state index in [-0.39, 0.29) is 12.1 Å². The van der Waals surface area contributed by atoms with Crippen LogP contribution in [0.5, 0.6) is 0 Å². The topological polar surface area (TPSA) is 46.0 Å². The molecule has 166 valence electrons. The van der Waals surface area contributed by atoms with E-state index in [4.69, 9.17) is 12.2 Å². The largest absolute Gasteiger partial charge is 0.352 e. The van der Waals surface area contributed by atoms with Crippen molar-refractivity contribution >= 4 is 17.3 Å². The molecule has 5 rings (SSSR count). The molecule has 4 heterocycles. The van der Waals surface area contributed by atoms with Crippen molar-refractivity contribution in [3.8, 4) is 0 Å². The van der Waals surface area contributed by atoms with Crippen LogP contribution < -0.4 is 5.32 Å². The van der Waals surface area contributed by atoms with E-state index >= 15 is 0 Å². The summed E-state index contributed by atoms with van der Waals surface area (Å²) in [5.74, 6) is 0. The third kappa shape index (κ3) is 4.26. The number of hydrogen-bond donors (Lipinski definition) is 1. The third-order valence-corrected chi connectivity index (χ3v) is 6.77. The Labute approximate surface area is 200 Å². The number of benzene rings is 1. The molecule has 1 saturated heterocycles. The summed E-state index contributed by atoms with van der Waals surface area (Å²) in [6, 6.07) is 23.1. The third-order valence-electron chi connectivity index (χ3n) is 6.41. The summed E-state index contributed by atoms with van der Waals surface area (Å²) in [5.41, 5.74) is 7.25. The van der Waals surface area contributed by atoms with E-state index in [0.29, 0.717) is 6.54 Å². The van der Waals surface area contributed by atoms with Gasteiger partial charge in [-0.05, 0) is 73.1 Å². The molecule has 3 aromatic heterocycles. The average molecular weight is 454 g/mol. The maximum Gasteiger partial charge on any atom is 0.170 e. The number of hydrogen-bond acceptors (Lipinski definition) is 3. The summed E-state index contributed by atoms with van der Waals surface area (Å²) < 4.78 is 2.39. The smallest absolute Gasteiger partial charge is 0.170 e. The molecule has 4 aromatic rings. The average Bonchev–Trinajstić information content (AvgIpc) is 3.31.